The first kappa shape index (κ1) is 7.02. The lowest BCUT2D eigenvalue weighted by atomic mass is 9.92. The molecule has 2 heterocycles. The van der Waals surface area contributed by atoms with Crippen LogP contribution >= 0.6 is 15.9 Å². The van der Waals surface area contributed by atoms with Crippen molar-refractivity contribution < 1.29 is 4.74 Å². The average molecular weight is 237 g/mol. The average Bonchev–Trinajstić information content (AvgIpc) is 2.84. The molecule has 1 aromatic carbocycles. The van der Waals surface area contributed by atoms with Crippen molar-refractivity contribution in [1.29, 1.82) is 0 Å². The van der Waals surface area contributed by atoms with Gasteiger partial charge in [-0.05, 0) is 33.8 Å². The molecule has 0 radical (unpaired) electrons. The van der Waals surface area contributed by atoms with Gasteiger partial charge in [-0.2, -0.15) is 0 Å². The van der Waals surface area contributed by atoms with Crippen LogP contribution in [0.25, 0.3) is 0 Å². The van der Waals surface area contributed by atoms with Gasteiger partial charge in [-0.25, -0.2) is 0 Å². The van der Waals surface area contributed by atoms with E-state index in [4.69, 9.17) is 4.74 Å². The summed E-state index contributed by atoms with van der Waals surface area (Å²) in [6, 6.07) is 8.61. The lowest BCUT2D eigenvalue weighted by molar-refractivity contribution is 0.0191. The smallest absolute Gasteiger partial charge is 0.152 e. The highest BCUT2D eigenvalue weighted by Crippen LogP contribution is 2.74. The molecule has 1 saturated heterocycles. The van der Waals surface area contributed by atoms with Gasteiger partial charge in [0.15, 0.2) is 4.51 Å². The highest BCUT2D eigenvalue weighted by molar-refractivity contribution is 9.09. The molecule has 2 bridgehead atoms. The second-order valence-corrected chi connectivity index (χ2v) is 5.45. The van der Waals surface area contributed by atoms with Crippen LogP contribution in [0.2, 0.25) is 0 Å². The Morgan fingerprint density at radius 1 is 1.38 bits per heavy atom. The monoisotopic (exact) mass is 236 g/mol. The normalized spacial score (nSPS) is 48.8. The van der Waals surface area contributed by atoms with Crippen LogP contribution in [0, 0.1) is 11.8 Å². The number of ether oxygens (including phenoxy) is 1. The summed E-state index contributed by atoms with van der Waals surface area (Å²) < 4.78 is 5.90. The van der Waals surface area contributed by atoms with E-state index in [1.54, 1.807) is 0 Å². The van der Waals surface area contributed by atoms with Crippen LogP contribution in [0.4, 0.5) is 0 Å². The van der Waals surface area contributed by atoms with Crippen molar-refractivity contribution in [2.75, 3.05) is 0 Å². The first-order valence-corrected chi connectivity index (χ1v) is 5.56. The van der Waals surface area contributed by atoms with Crippen LogP contribution in [0.15, 0.2) is 24.3 Å². The number of hydrogen-bond acceptors (Lipinski definition) is 1. The van der Waals surface area contributed by atoms with E-state index in [2.05, 4.69) is 40.2 Å². The Kier molecular flexibility index (Phi) is 1.01. The van der Waals surface area contributed by atoms with Gasteiger partial charge in [-0.3, -0.25) is 0 Å². The Morgan fingerprint density at radius 2 is 2.23 bits per heavy atom. The molecule has 2 heteroatoms. The molecule has 0 amide bonds. The number of rotatable bonds is 0. The van der Waals surface area contributed by atoms with Crippen LogP contribution in [0.1, 0.15) is 23.7 Å². The number of hydrogen-bond donors (Lipinski definition) is 0. The minimum absolute atomic E-state index is 0.112. The van der Waals surface area contributed by atoms with Crippen molar-refractivity contribution in [3.8, 4) is 0 Å². The molecule has 2 fully saturated rings. The minimum Gasteiger partial charge on any atom is -0.351 e. The topological polar surface area (TPSA) is 9.23 Å². The summed E-state index contributed by atoms with van der Waals surface area (Å²) in [5.74, 6) is 1.54. The molecule has 1 aromatic rings. The van der Waals surface area contributed by atoms with Crippen LogP contribution in [0.5, 0.6) is 0 Å². The van der Waals surface area contributed by atoms with E-state index < -0.39 is 0 Å². The molecule has 13 heavy (non-hydrogen) atoms. The van der Waals surface area contributed by atoms with Crippen LogP contribution < -0.4 is 0 Å². The molecule has 0 N–H and O–H groups in total. The molecular formula is C11H9BrO. The number of alkyl halides is 1. The summed E-state index contributed by atoms with van der Waals surface area (Å²) in [6.07, 6.45) is 1.73. The standard InChI is InChI=1S/C11H9BrO/c12-11-8-4-2-1-3-6(8)10(13-11)7-5-9(7)11/h1-4,7,9-10H,5H2/t7-,9+,10+,11-/m0/s1. The van der Waals surface area contributed by atoms with E-state index in [0.717, 1.165) is 11.8 Å². The Balaban J connectivity index is 2.05. The number of halogens is 1. The van der Waals surface area contributed by atoms with E-state index in [1.165, 1.54) is 17.5 Å². The van der Waals surface area contributed by atoms with Gasteiger partial charge in [0.05, 0.1) is 6.10 Å². The maximum absolute atomic E-state index is 6.01. The van der Waals surface area contributed by atoms with E-state index >= 15 is 0 Å². The third-order valence-corrected chi connectivity index (χ3v) is 4.84. The maximum Gasteiger partial charge on any atom is 0.152 e. The highest BCUT2D eigenvalue weighted by Gasteiger charge is 2.69. The molecule has 0 spiro atoms. The molecule has 1 aliphatic carbocycles. The van der Waals surface area contributed by atoms with Gasteiger partial charge < -0.3 is 4.74 Å². The summed E-state index contributed by atoms with van der Waals surface area (Å²) in [5, 5.41) is 0. The zero-order valence-corrected chi connectivity index (χ0v) is 8.62. The fraction of sp³-hybridized carbons (Fsp3) is 0.455. The van der Waals surface area contributed by atoms with Gasteiger partial charge in [0, 0.05) is 11.5 Å². The molecule has 1 nitrogen and oxygen atoms in total. The highest BCUT2D eigenvalue weighted by atomic mass is 79.9. The Labute approximate surface area is 85.2 Å². The first-order valence-electron chi connectivity index (χ1n) is 4.77. The molecule has 4 atom stereocenters. The third kappa shape index (κ3) is 0.627. The SMILES string of the molecule is Br[C@]12O[C@H](c3ccccc31)[C@H]1C[C@H]12. The number of fused-ring (bicyclic) bond motifs is 8. The molecule has 66 valence electrons. The second-order valence-electron chi connectivity index (χ2n) is 4.28. The fourth-order valence-corrected chi connectivity index (χ4v) is 4.04. The quantitative estimate of drug-likeness (QED) is 0.630. The van der Waals surface area contributed by atoms with Gasteiger partial charge >= 0.3 is 0 Å². The zero-order valence-electron chi connectivity index (χ0n) is 7.03. The van der Waals surface area contributed by atoms with E-state index in [0.29, 0.717) is 6.10 Å². The summed E-state index contributed by atoms with van der Waals surface area (Å²) in [5.41, 5.74) is 2.79. The third-order valence-electron chi connectivity index (χ3n) is 3.64. The van der Waals surface area contributed by atoms with E-state index in [1.807, 2.05) is 0 Å². The van der Waals surface area contributed by atoms with Crippen molar-refractivity contribution in [2.45, 2.75) is 17.0 Å². The van der Waals surface area contributed by atoms with Gasteiger partial charge in [-0.1, -0.05) is 24.3 Å². The van der Waals surface area contributed by atoms with Gasteiger partial charge in [0.2, 0.25) is 0 Å². The van der Waals surface area contributed by atoms with Crippen LogP contribution in [0.3, 0.4) is 0 Å². The number of benzene rings is 1. The molecule has 3 aliphatic rings. The van der Waals surface area contributed by atoms with E-state index in [-0.39, 0.29) is 4.51 Å². The van der Waals surface area contributed by atoms with Gasteiger partial charge in [0.25, 0.3) is 0 Å². The molecule has 0 unspecified atom stereocenters. The van der Waals surface area contributed by atoms with Crippen molar-refractivity contribution >= 4 is 15.9 Å². The van der Waals surface area contributed by atoms with Crippen molar-refractivity contribution in [3.63, 3.8) is 0 Å². The van der Waals surface area contributed by atoms with Gasteiger partial charge in [0.1, 0.15) is 0 Å². The van der Waals surface area contributed by atoms with Crippen molar-refractivity contribution in [2.24, 2.45) is 11.8 Å². The van der Waals surface area contributed by atoms with Crippen LogP contribution in [-0.2, 0) is 9.25 Å². The Morgan fingerprint density at radius 3 is 3.15 bits per heavy atom. The maximum atomic E-state index is 6.01. The summed E-state index contributed by atoms with van der Waals surface area (Å²) in [6.45, 7) is 0. The summed E-state index contributed by atoms with van der Waals surface area (Å²) >= 11 is 3.77. The molecule has 2 aliphatic heterocycles. The van der Waals surface area contributed by atoms with Crippen molar-refractivity contribution in [3.05, 3.63) is 35.4 Å². The minimum atomic E-state index is -0.112. The fourth-order valence-electron chi connectivity index (χ4n) is 2.95. The molecular weight excluding hydrogens is 228 g/mol. The Bertz CT molecular complexity index is 403. The lowest BCUT2D eigenvalue weighted by Gasteiger charge is -2.19. The predicted octanol–water partition coefficient (Wildman–Crippen LogP) is 2.96. The molecule has 1 saturated carbocycles. The van der Waals surface area contributed by atoms with Crippen LogP contribution in [-0.4, -0.2) is 0 Å². The van der Waals surface area contributed by atoms with E-state index in [9.17, 15) is 0 Å². The largest absolute Gasteiger partial charge is 0.351 e. The predicted molar refractivity (Wildman–Crippen MR) is 52.5 cm³/mol. The van der Waals surface area contributed by atoms with Crippen molar-refractivity contribution in [1.82, 2.24) is 0 Å². The molecule has 0 aromatic heterocycles. The summed E-state index contributed by atoms with van der Waals surface area (Å²) in [4.78, 5) is 0. The molecule has 4 rings (SSSR count). The zero-order chi connectivity index (χ0) is 8.63. The second kappa shape index (κ2) is 1.86. The first-order chi connectivity index (χ1) is 6.31. The Hall–Kier alpha value is -0.340. The van der Waals surface area contributed by atoms with Gasteiger partial charge in [-0.15, -0.1) is 0 Å². The lowest BCUT2D eigenvalue weighted by Crippen LogP contribution is -2.17. The summed E-state index contributed by atoms with van der Waals surface area (Å²) in [7, 11) is 0.